The maximum atomic E-state index is 11.8. The molecule has 0 fully saturated rings. The van der Waals surface area contributed by atoms with Crippen LogP contribution in [-0.2, 0) is 9.59 Å². The highest BCUT2D eigenvalue weighted by Crippen LogP contribution is 2.24. The number of para-hydroxylation sites is 1. The monoisotopic (exact) mass is 314 g/mol. The highest BCUT2D eigenvalue weighted by molar-refractivity contribution is 6.33. The van der Waals surface area contributed by atoms with Gasteiger partial charge in [-0.15, -0.1) is 0 Å². The van der Waals surface area contributed by atoms with E-state index < -0.39 is 24.0 Å². The van der Waals surface area contributed by atoms with Gasteiger partial charge in [-0.2, -0.15) is 0 Å². The molecule has 7 nitrogen and oxygen atoms in total. The molecule has 0 saturated heterocycles. The van der Waals surface area contributed by atoms with Crippen LogP contribution in [0.2, 0.25) is 5.02 Å². The van der Waals surface area contributed by atoms with Crippen molar-refractivity contribution in [3.63, 3.8) is 0 Å². The summed E-state index contributed by atoms with van der Waals surface area (Å²) in [5.74, 6) is -2.44. The molecule has 1 aromatic carbocycles. The minimum Gasteiger partial charge on any atom is -0.481 e. The van der Waals surface area contributed by atoms with E-state index in [2.05, 4.69) is 10.6 Å². The molecule has 21 heavy (non-hydrogen) atoms. The fraction of sp³-hybridized carbons (Fsp3) is 0.308. The van der Waals surface area contributed by atoms with Gasteiger partial charge < -0.3 is 20.8 Å². The molecule has 0 heterocycles. The first-order valence-electron chi connectivity index (χ1n) is 6.08. The van der Waals surface area contributed by atoms with Crippen molar-refractivity contribution in [3.05, 3.63) is 28.8 Å². The molecule has 2 amide bonds. The van der Waals surface area contributed by atoms with E-state index >= 15 is 0 Å². The molecule has 1 aromatic rings. The van der Waals surface area contributed by atoms with Gasteiger partial charge in [0.1, 0.15) is 6.04 Å². The Hall–Kier alpha value is -2.28. The number of nitrogens with one attached hydrogen (secondary N) is 2. The van der Waals surface area contributed by atoms with E-state index in [1.807, 2.05) is 0 Å². The molecular formula is C13H15ClN2O5. The fourth-order valence-electron chi connectivity index (χ4n) is 1.62. The summed E-state index contributed by atoms with van der Waals surface area (Å²) >= 11 is 5.94. The molecule has 0 saturated carbocycles. The van der Waals surface area contributed by atoms with E-state index in [4.69, 9.17) is 21.8 Å². The molecule has 1 atom stereocenters. The molecule has 0 radical (unpaired) electrons. The van der Waals surface area contributed by atoms with E-state index in [0.29, 0.717) is 10.7 Å². The van der Waals surface area contributed by atoms with Crippen molar-refractivity contribution in [1.82, 2.24) is 5.32 Å². The van der Waals surface area contributed by atoms with Crippen molar-refractivity contribution in [2.45, 2.75) is 25.8 Å². The molecule has 1 rings (SSSR count). The standard InChI is InChI=1S/C13H15ClN2O5/c1-7-3-2-4-8(14)11(7)16-13(21)15-9(12(19)20)5-6-10(17)18/h2-4,9H,5-6H2,1H3,(H,17,18)(H,19,20)(H2,15,16,21). The number of hydrogen-bond acceptors (Lipinski definition) is 3. The van der Waals surface area contributed by atoms with Crippen molar-refractivity contribution < 1.29 is 24.6 Å². The number of aliphatic carboxylic acids is 2. The molecule has 0 bridgehead atoms. The summed E-state index contributed by atoms with van der Waals surface area (Å²) in [6.45, 7) is 1.74. The van der Waals surface area contributed by atoms with Gasteiger partial charge in [-0.05, 0) is 25.0 Å². The zero-order valence-electron chi connectivity index (χ0n) is 11.2. The number of urea groups is 1. The van der Waals surface area contributed by atoms with Gasteiger partial charge in [0.2, 0.25) is 0 Å². The minimum absolute atomic E-state index is 0.209. The quantitative estimate of drug-likeness (QED) is 0.641. The van der Waals surface area contributed by atoms with Crippen molar-refractivity contribution >= 4 is 35.3 Å². The number of carbonyl (C=O) groups is 3. The van der Waals surface area contributed by atoms with Crippen LogP contribution < -0.4 is 10.6 Å². The Kier molecular flexibility index (Phi) is 5.98. The molecule has 8 heteroatoms. The average molecular weight is 315 g/mol. The molecule has 0 aliphatic rings. The van der Waals surface area contributed by atoms with Crippen LogP contribution in [0.3, 0.4) is 0 Å². The van der Waals surface area contributed by atoms with E-state index in [0.717, 1.165) is 5.56 Å². The molecule has 0 aliphatic heterocycles. The van der Waals surface area contributed by atoms with Crippen LogP contribution in [0.25, 0.3) is 0 Å². The van der Waals surface area contributed by atoms with Crippen molar-refractivity contribution in [2.24, 2.45) is 0 Å². The number of hydrogen-bond donors (Lipinski definition) is 4. The Balaban J connectivity index is 2.70. The molecule has 114 valence electrons. The lowest BCUT2D eigenvalue weighted by Crippen LogP contribution is -2.43. The Labute approximate surface area is 125 Å². The number of carbonyl (C=O) groups excluding carboxylic acids is 1. The van der Waals surface area contributed by atoms with Crippen molar-refractivity contribution in [2.75, 3.05) is 5.32 Å². The number of aryl methyl sites for hydroxylation is 1. The van der Waals surface area contributed by atoms with Crippen LogP contribution in [0.15, 0.2) is 18.2 Å². The van der Waals surface area contributed by atoms with Gasteiger partial charge in [0.25, 0.3) is 0 Å². The molecule has 0 aliphatic carbocycles. The predicted molar refractivity (Wildman–Crippen MR) is 76.6 cm³/mol. The second-order valence-corrected chi connectivity index (χ2v) is 4.76. The van der Waals surface area contributed by atoms with Crippen LogP contribution >= 0.6 is 11.6 Å². The largest absolute Gasteiger partial charge is 0.481 e. The summed E-state index contributed by atoms with van der Waals surface area (Å²) in [4.78, 5) is 33.2. The first-order chi connectivity index (χ1) is 9.81. The first kappa shape index (κ1) is 16.8. The second-order valence-electron chi connectivity index (χ2n) is 4.35. The number of carboxylic acid groups (broad SMARTS) is 2. The number of rotatable bonds is 6. The van der Waals surface area contributed by atoms with Crippen LogP contribution in [0.5, 0.6) is 0 Å². The maximum absolute atomic E-state index is 11.8. The lowest BCUT2D eigenvalue weighted by molar-refractivity contribution is -0.140. The Morgan fingerprint density at radius 3 is 2.48 bits per heavy atom. The highest BCUT2D eigenvalue weighted by atomic mass is 35.5. The number of anilines is 1. The summed E-state index contributed by atoms with van der Waals surface area (Å²) in [6, 6.07) is 2.99. The van der Waals surface area contributed by atoms with Crippen LogP contribution in [0.4, 0.5) is 10.5 Å². The Morgan fingerprint density at radius 2 is 1.95 bits per heavy atom. The Morgan fingerprint density at radius 1 is 1.29 bits per heavy atom. The lowest BCUT2D eigenvalue weighted by Gasteiger charge is -2.15. The van der Waals surface area contributed by atoms with Gasteiger partial charge in [-0.25, -0.2) is 9.59 Å². The minimum atomic E-state index is -1.30. The van der Waals surface area contributed by atoms with Gasteiger partial charge in [-0.3, -0.25) is 4.79 Å². The second kappa shape index (κ2) is 7.49. The zero-order valence-corrected chi connectivity index (χ0v) is 12.0. The van der Waals surface area contributed by atoms with E-state index in [9.17, 15) is 14.4 Å². The van der Waals surface area contributed by atoms with E-state index in [1.54, 1.807) is 25.1 Å². The maximum Gasteiger partial charge on any atom is 0.326 e. The zero-order chi connectivity index (χ0) is 16.0. The SMILES string of the molecule is Cc1cccc(Cl)c1NC(=O)NC(CCC(=O)O)C(=O)O. The van der Waals surface area contributed by atoms with Gasteiger partial charge in [0.05, 0.1) is 10.7 Å². The molecule has 0 spiro atoms. The van der Waals surface area contributed by atoms with Gasteiger partial charge in [0.15, 0.2) is 0 Å². The van der Waals surface area contributed by atoms with Crippen LogP contribution in [0, 0.1) is 6.92 Å². The van der Waals surface area contributed by atoms with Crippen molar-refractivity contribution in [1.29, 1.82) is 0 Å². The van der Waals surface area contributed by atoms with Gasteiger partial charge >= 0.3 is 18.0 Å². The molecule has 1 unspecified atom stereocenters. The third-order valence-electron chi connectivity index (χ3n) is 2.71. The summed E-state index contributed by atoms with van der Waals surface area (Å²) in [6.07, 6.45) is -0.568. The topological polar surface area (TPSA) is 116 Å². The van der Waals surface area contributed by atoms with E-state index in [1.165, 1.54) is 0 Å². The first-order valence-corrected chi connectivity index (χ1v) is 6.46. The molecular weight excluding hydrogens is 300 g/mol. The summed E-state index contributed by atoms with van der Waals surface area (Å²) in [7, 11) is 0. The third kappa shape index (κ3) is 5.31. The van der Waals surface area contributed by atoms with Gasteiger partial charge in [0, 0.05) is 6.42 Å². The number of carboxylic acids is 2. The molecule has 0 aromatic heterocycles. The number of amides is 2. The number of halogens is 1. The summed E-state index contributed by atoms with van der Waals surface area (Å²) in [5, 5.41) is 22.5. The number of benzene rings is 1. The Bertz CT molecular complexity index is 541. The van der Waals surface area contributed by atoms with Crippen LogP contribution in [-0.4, -0.2) is 34.2 Å². The fourth-order valence-corrected chi connectivity index (χ4v) is 1.89. The lowest BCUT2D eigenvalue weighted by atomic mass is 10.1. The smallest absolute Gasteiger partial charge is 0.326 e. The van der Waals surface area contributed by atoms with Crippen LogP contribution in [0.1, 0.15) is 18.4 Å². The van der Waals surface area contributed by atoms with E-state index in [-0.39, 0.29) is 12.8 Å². The highest BCUT2D eigenvalue weighted by Gasteiger charge is 2.21. The predicted octanol–water partition coefficient (Wildman–Crippen LogP) is 2.09. The normalized spacial score (nSPS) is 11.5. The third-order valence-corrected chi connectivity index (χ3v) is 3.03. The molecule has 4 N–H and O–H groups in total. The average Bonchev–Trinajstić information content (AvgIpc) is 2.38. The summed E-state index contributed by atoms with van der Waals surface area (Å²) in [5.41, 5.74) is 1.09. The van der Waals surface area contributed by atoms with Crippen molar-refractivity contribution in [3.8, 4) is 0 Å². The summed E-state index contributed by atoms with van der Waals surface area (Å²) < 4.78 is 0. The van der Waals surface area contributed by atoms with Gasteiger partial charge in [-0.1, -0.05) is 23.7 Å².